The van der Waals surface area contributed by atoms with Gasteiger partial charge in [0.1, 0.15) is 0 Å². The van der Waals surface area contributed by atoms with Gasteiger partial charge in [-0.25, -0.2) is 9.48 Å². The predicted molar refractivity (Wildman–Crippen MR) is 91.1 cm³/mol. The first-order valence-corrected chi connectivity index (χ1v) is 8.36. The number of anilines is 1. The fourth-order valence-electron chi connectivity index (χ4n) is 2.89. The molecule has 1 aromatic heterocycles. The summed E-state index contributed by atoms with van der Waals surface area (Å²) in [5, 5.41) is 7.82. The number of hydrogen-bond acceptors (Lipinski definition) is 6. The van der Waals surface area contributed by atoms with E-state index in [1.165, 1.54) is 11.9 Å². The molecular weight excluding hydrogens is 306 g/mol. The van der Waals surface area contributed by atoms with Crippen LogP contribution < -0.4 is 4.90 Å². The minimum absolute atomic E-state index is 0.353. The molecule has 0 N–H and O–H groups in total. The first-order valence-electron chi connectivity index (χ1n) is 8.36. The zero-order chi connectivity index (χ0) is 16.8. The van der Waals surface area contributed by atoms with E-state index in [0.29, 0.717) is 18.8 Å². The quantitative estimate of drug-likeness (QED) is 0.744. The van der Waals surface area contributed by atoms with Crippen LogP contribution in [0, 0.1) is 0 Å². The molecule has 1 aromatic carbocycles. The average Bonchev–Trinajstić information content (AvgIpc) is 3.10. The maximum Gasteiger partial charge on any atom is 0.358 e. The van der Waals surface area contributed by atoms with Crippen molar-refractivity contribution in [2.75, 3.05) is 44.2 Å². The number of aromatic nitrogens is 3. The van der Waals surface area contributed by atoms with E-state index in [9.17, 15) is 4.79 Å². The van der Waals surface area contributed by atoms with Gasteiger partial charge in [0.25, 0.3) is 0 Å². The van der Waals surface area contributed by atoms with Crippen LogP contribution in [0.2, 0.25) is 0 Å². The van der Waals surface area contributed by atoms with Gasteiger partial charge in [-0.15, -0.1) is 5.10 Å². The summed E-state index contributed by atoms with van der Waals surface area (Å²) >= 11 is 0. The molecule has 7 nitrogen and oxygen atoms in total. The van der Waals surface area contributed by atoms with Crippen LogP contribution in [0.25, 0.3) is 0 Å². The second kappa shape index (κ2) is 7.92. The topological polar surface area (TPSA) is 63.5 Å². The van der Waals surface area contributed by atoms with Gasteiger partial charge >= 0.3 is 5.97 Å². The van der Waals surface area contributed by atoms with Crippen LogP contribution in [-0.4, -0.2) is 65.2 Å². The third-order valence-corrected chi connectivity index (χ3v) is 4.22. The Morgan fingerprint density at radius 3 is 2.58 bits per heavy atom. The lowest BCUT2D eigenvalue weighted by atomic mass is 10.2. The Labute approximate surface area is 141 Å². The second-order valence-corrected chi connectivity index (χ2v) is 5.73. The molecular formula is C17H23N5O2. The van der Waals surface area contributed by atoms with Gasteiger partial charge < -0.3 is 9.64 Å². The molecule has 1 fully saturated rings. The third kappa shape index (κ3) is 3.91. The van der Waals surface area contributed by atoms with Crippen LogP contribution in [0.4, 0.5) is 5.69 Å². The summed E-state index contributed by atoms with van der Waals surface area (Å²) in [5.74, 6) is -0.364. The number of ether oxygens (including phenoxy) is 1. The van der Waals surface area contributed by atoms with Gasteiger partial charge in [-0.3, -0.25) is 4.90 Å². The molecule has 0 atom stereocenters. The summed E-state index contributed by atoms with van der Waals surface area (Å²) in [7, 11) is 0. The van der Waals surface area contributed by atoms with Gasteiger partial charge in [-0.05, 0) is 19.1 Å². The first kappa shape index (κ1) is 16.4. The van der Waals surface area contributed by atoms with Gasteiger partial charge in [0, 0.05) is 38.4 Å². The highest BCUT2D eigenvalue weighted by Gasteiger charge is 2.19. The molecule has 7 heteroatoms. The minimum Gasteiger partial charge on any atom is -0.461 e. The number of esters is 1. The molecule has 0 radical (unpaired) electrons. The Morgan fingerprint density at radius 2 is 1.88 bits per heavy atom. The molecule has 0 saturated carbocycles. The largest absolute Gasteiger partial charge is 0.461 e. The number of carbonyl (C=O) groups excluding carboxylic acids is 1. The van der Waals surface area contributed by atoms with Gasteiger partial charge in [0.2, 0.25) is 0 Å². The maximum absolute atomic E-state index is 11.8. The molecule has 0 unspecified atom stereocenters. The number of rotatable bonds is 6. The highest BCUT2D eigenvalue weighted by atomic mass is 16.5. The molecule has 0 bridgehead atoms. The average molecular weight is 329 g/mol. The van der Waals surface area contributed by atoms with Crippen LogP contribution in [0.5, 0.6) is 0 Å². The first-order chi connectivity index (χ1) is 11.8. The fourth-order valence-corrected chi connectivity index (χ4v) is 2.89. The van der Waals surface area contributed by atoms with Gasteiger partial charge in [0.05, 0.1) is 19.3 Å². The normalized spacial score (nSPS) is 15.5. The van der Waals surface area contributed by atoms with E-state index in [1.54, 1.807) is 11.6 Å². The van der Waals surface area contributed by atoms with Gasteiger partial charge in [-0.2, -0.15) is 0 Å². The van der Waals surface area contributed by atoms with Gasteiger partial charge in [-0.1, -0.05) is 23.4 Å². The second-order valence-electron chi connectivity index (χ2n) is 5.73. The molecule has 1 aliphatic rings. The van der Waals surface area contributed by atoms with E-state index in [1.807, 2.05) is 6.07 Å². The summed E-state index contributed by atoms with van der Waals surface area (Å²) < 4.78 is 6.65. The van der Waals surface area contributed by atoms with Crippen molar-refractivity contribution in [1.82, 2.24) is 19.9 Å². The zero-order valence-electron chi connectivity index (χ0n) is 14.0. The molecule has 24 heavy (non-hydrogen) atoms. The molecule has 0 aliphatic carbocycles. The Kier molecular flexibility index (Phi) is 5.43. The Balaban J connectivity index is 1.49. The van der Waals surface area contributed by atoms with E-state index >= 15 is 0 Å². The zero-order valence-corrected chi connectivity index (χ0v) is 14.0. The molecule has 2 heterocycles. The summed E-state index contributed by atoms with van der Waals surface area (Å²) in [4.78, 5) is 16.6. The molecule has 0 amide bonds. The van der Waals surface area contributed by atoms with E-state index in [-0.39, 0.29) is 5.97 Å². The SMILES string of the molecule is CCOC(=O)c1cnnn1CCN1CCN(c2ccccc2)CC1. The van der Waals surface area contributed by atoms with E-state index in [2.05, 4.69) is 44.4 Å². The molecule has 1 aliphatic heterocycles. The van der Waals surface area contributed by atoms with Crippen LogP contribution in [0.3, 0.4) is 0 Å². The fraction of sp³-hybridized carbons (Fsp3) is 0.471. The number of piperazine rings is 1. The molecule has 1 saturated heterocycles. The van der Waals surface area contributed by atoms with Crippen molar-refractivity contribution in [2.45, 2.75) is 13.5 Å². The summed E-state index contributed by atoms with van der Waals surface area (Å²) in [6.07, 6.45) is 1.46. The highest BCUT2D eigenvalue weighted by Crippen LogP contribution is 2.15. The summed E-state index contributed by atoms with van der Waals surface area (Å²) in [5.41, 5.74) is 1.69. The predicted octanol–water partition coefficient (Wildman–Crippen LogP) is 1.28. The smallest absolute Gasteiger partial charge is 0.358 e. The molecule has 2 aromatic rings. The van der Waals surface area contributed by atoms with Crippen molar-refractivity contribution >= 4 is 11.7 Å². The van der Waals surface area contributed by atoms with Gasteiger partial charge in [0.15, 0.2) is 5.69 Å². The van der Waals surface area contributed by atoms with Crippen molar-refractivity contribution in [3.05, 3.63) is 42.2 Å². The molecule has 0 spiro atoms. The Bertz CT molecular complexity index is 650. The molecule has 128 valence electrons. The lowest BCUT2D eigenvalue weighted by molar-refractivity contribution is 0.0510. The van der Waals surface area contributed by atoms with Crippen molar-refractivity contribution in [3.8, 4) is 0 Å². The lowest BCUT2D eigenvalue weighted by Crippen LogP contribution is -2.47. The highest BCUT2D eigenvalue weighted by molar-refractivity contribution is 5.87. The van der Waals surface area contributed by atoms with Crippen molar-refractivity contribution in [3.63, 3.8) is 0 Å². The van der Waals surface area contributed by atoms with Crippen LogP contribution in [0.15, 0.2) is 36.5 Å². The van der Waals surface area contributed by atoms with Crippen LogP contribution >= 0.6 is 0 Å². The minimum atomic E-state index is -0.364. The van der Waals surface area contributed by atoms with E-state index in [0.717, 1.165) is 32.7 Å². The van der Waals surface area contributed by atoms with Crippen molar-refractivity contribution < 1.29 is 9.53 Å². The molecule has 3 rings (SSSR count). The number of nitrogens with zero attached hydrogens (tertiary/aromatic N) is 5. The van der Waals surface area contributed by atoms with Crippen LogP contribution in [0.1, 0.15) is 17.4 Å². The van der Waals surface area contributed by atoms with Crippen molar-refractivity contribution in [2.24, 2.45) is 0 Å². The Morgan fingerprint density at radius 1 is 1.12 bits per heavy atom. The number of carbonyl (C=O) groups is 1. The lowest BCUT2D eigenvalue weighted by Gasteiger charge is -2.36. The number of benzene rings is 1. The van der Waals surface area contributed by atoms with E-state index < -0.39 is 0 Å². The number of para-hydroxylation sites is 1. The summed E-state index contributed by atoms with van der Waals surface area (Å²) in [6.45, 7) is 7.64. The number of hydrogen-bond donors (Lipinski definition) is 0. The standard InChI is InChI=1S/C17H23N5O2/c1-2-24-17(23)16-14-18-19-22(16)13-10-20-8-11-21(12-9-20)15-6-4-3-5-7-15/h3-7,14H,2,8-13H2,1H3. The Hall–Kier alpha value is -2.41. The monoisotopic (exact) mass is 329 g/mol. The van der Waals surface area contributed by atoms with E-state index in [4.69, 9.17) is 4.74 Å². The summed E-state index contributed by atoms with van der Waals surface area (Å²) in [6, 6.07) is 10.5. The van der Waals surface area contributed by atoms with Crippen molar-refractivity contribution in [1.29, 1.82) is 0 Å². The van der Waals surface area contributed by atoms with Crippen LogP contribution in [-0.2, 0) is 11.3 Å². The maximum atomic E-state index is 11.8. The third-order valence-electron chi connectivity index (χ3n) is 4.22.